The Morgan fingerprint density at radius 1 is 0.449 bits per heavy atom. The Bertz CT molecular complexity index is 3230. The highest BCUT2D eigenvalue weighted by molar-refractivity contribution is 6.99. The Hall–Kier alpha value is -7.57. The molecule has 9 aromatic rings. The molecule has 2 aliphatic heterocycles. The Morgan fingerprint density at radius 2 is 0.928 bits per heavy atom. The van der Waals surface area contributed by atoms with Crippen LogP contribution in [0.4, 0.5) is 51.7 Å². The molecule has 0 saturated heterocycles. The zero-order valence-corrected chi connectivity index (χ0v) is 41.2. The number of anilines is 9. The van der Waals surface area contributed by atoms with E-state index in [-0.39, 0.29) is 23.0 Å². The Balaban J connectivity index is 1.30. The molecule has 11 rings (SSSR count). The van der Waals surface area contributed by atoms with Crippen molar-refractivity contribution in [3.63, 3.8) is 0 Å². The van der Waals surface area contributed by atoms with E-state index in [1.807, 2.05) is 0 Å². The molecule has 0 atom stereocenters. The van der Waals surface area contributed by atoms with Crippen molar-refractivity contribution in [2.45, 2.75) is 78.6 Å². The van der Waals surface area contributed by atoms with Gasteiger partial charge < -0.3 is 9.32 Å². The second kappa shape index (κ2) is 16.6. The van der Waals surface area contributed by atoms with Crippen LogP contribution in [0.5, 0.6) is 0 Å². The second-order valence-corrected chi connectivity index (χ2v) is 21.7. The summed E-state index contributed by atoms with van der Waals surface area (Å²) < 4.78 is 7.60. The van der Waals surface area contributed by atoms with Gasteiger partial charge in [-0.05, 0) is 110 Å². The van der Waals surface area contributed by atoms with Gasteiger partial charge in [-0.15, -0.1) is 0 Å². The van der Waals surface area contributed by atoms with Gasteiger partial charge in [0.25, 0.3) is 6.71 Å². The molecule has 5 nitrogen and oxygen atoms in total. The first-order valence-corrected chi connectivity index (χ1v) is 24.3. The SMILES string of the molecule is CC(C)(C)c1ccc(N2c3ccc(C(C)(C)C)cc3B3c4nc(N(c5ccccc5)c5ccccc5)oc4N(c4c(-c5ccccc5)cccc4-c4ccccc4)c4cc(C(C)(C)C)cc2c43)cc1. The number of hydrogen-bond acceptors (Lipinski definition) is 5. The molecule has 1 aromatic heterocycles. The van der Waals surface area contributed by atoms with E-state index in [1.54, 1.807) is 0 Å². The van der Waals surface area contributed by atoms with Crippen molar-refractivity contribution in [1.82, 2.24) is 4.98 Å². The van der Waals surface area contributed by atoms with Gasteiger partial charge in [0.2, 0.25) is 5.88 Å². The van der Waals surface area contributed by atoms with Gasteiger partial charge in [-0.3, -0.25) is 9.80 Å². The van der Waals surface area contributed by atoms with Gasteiger partial charge in [-0.2, -0.15) is 0 Å². The molecule has 340 valence electrons. The molecule has 6 heteroatoms. The summed E-state index contributed by atoms with van der Waals surface area (Å²) in [6.07, 6.45) is 0. The van der Waals surface area contributed by atoms with Crippen molar-refractivity contribution in [1.29, 1.82) is 0 Å². The van der Waals surface area contributed by atoms with Crippen molar-refractivity contribution < 1.29 is 4.42 Å². The third kappa shape index (κ3) is 7.73. The summed E-state index contributed by atoms with van der Waals surface area (Å²) in [6, 6.07) is 71.0. The fourth-order valence-corrected chi connectivity index (χ4v) is 10.2. The summed E-state index contributed by atoms with van der Waals surface area (Å²) in [6.45, 7) is 20.5. The quantitative estimate of drug-likeness (QED) is 0.149. The highest BCUT2D eigenvalue weighted by Crippen LogP contribution is 2.52. The number of fused-ring (bicyclic) bond motifs is 4. The van der Waals surface area contributed by atoms with Gasteiger partial charge in [-0.1, -0.05) is 202 Å². The average Bonchev–Trinajstić information content (AvgIpc) is 3.78. The van der Waals surface area contributed by atoms with Crippen molar-refractivity contribution in [2.75, 3.05) is 14.7 Å². The van der Waals surface area contributed by atoms with Gasteiger partial charge in [0.15, 0.2) is 0 Å². The number of nitrogens with zero attached hydrogens (tertiary/aromatic N) is 4. The van der Waals surface area contributed by atoms with Crippen molar-refractivity contribution in [3.05, 3.63) is 211 Å². The topological polar surface area (TPSA) is 35.8 Å². The molecule has 2 aliphatic rings. The van der Waals surface area contributed by atoms with E-state index in [0.29, 0.717) is 11.9 Å². The van der Waals surface area contributed by atoms with Gasteiger partial charge in [0.1, 0.15) is 0 Å². The maximum atomic E-state index is 7.60. The van der Waals surface area contributed by atoms with Crippen LogP contribution in [0.2, 0.25) is 0 Å². The molecule has 69 heavy (non-hydrogen) atoms. The van der Waals surface area contributed by atoms with E-state index in [0.717, 1.165) is 67.7 Å². The summed E-state index contributed by atoms with van der Waals surface area (Å²) >= 11 is 0. The average molecular weight is 899 g/mol. The van der Waals surface area contributed by atoms with E-state index >= 15 is 0 Å². The Labute approximate surface area is 408 Å². The van der Waals surface area contributed by atoms with Gasteiger partial charge in [0, 0.05) is 33.9 Å². The highest BCUT2D eigenvalue weighted by Gasteiger charge is 2.49. The summed E-state index contributed by atoms with van der Waals surface area (Å²) in [5.74, 6) is 0.701. The molecule has 3 heterocycles. The second-order valence-electron chi connectivity index (χ2n) is 21.7. The summed E-state index contributed by atoms with van der Waals surface area (Å²) in [5.41, 5.74) is 18.6. The molecule has 0 unspecified atom stereocenters. The molecule has 0 bridgehead atoms. The third-order valence-electron chi connectivity index (χ3n) is 14.0. The number of benzene rings is 8. The number of oxazole rings is 1. The minimum absolute atomic E-state index is 0.00784. The lowest BCUT2D eigenvalue weighted by molar-refractivity contribution is 0.571. The van der Waals surface area contributed by atoms with Gasteiger partial charge in [-0.25, -0.2) is 4.98 Å². The first kappa shape index (κ1) is 44.0. The van der Waals surface area contributed by atoms with Crippen LogP contribution in [-0.4, -0.2) is 11.7 Å². The Morgan fingerprint density at radius 3 is 1.43 bits per heavy atom. The molecule has 8 aromatic carbocycles. The van der Waals surface area contributed by atoms with Crippen LogP contribution in [0, 0.1) is 0 Å². The van der Waals surface area contributed by atoms with Crippen LogP contribution in [0.1, 0.15) is 79.0 Å². The lowest BCUT2D eigenvalue weighted by atomic mass is 9.35. The summed E-state index contributed by atoms with van der Waals surface area (Å²) in [4.78, 5) is 12.9. The molecular formula is C63H59BN4O. The maximum absolute atomic E-state index is 7.60. The maximum Gasteiger partial charge on any atom is 0.307 e. The van der Waals surface area contributed by atoms with Crippen LogP contribution in [0.25, 0.3) is 22.3 Å². The fourth-order valence-electron chi connectivity index (χ4n) is 10.2. The van der Waals surface area contributed by atoms with E-state index < -0.39 is 0 Å². The van der Waals surface area contributed by atoms with Crippen LogP contribution in [0.3, 0.4) is 0 Å². The normalized spacial score (nSPS) is 13.2. The lowest BCUT2D eigenvalue weighted by Crippen LogP contribution is -2.62. The van der Waals surface area contributed by atoms with Crippen LogP contribution in [-0.2, 0) is 16.2 Å². The van der Waals surface area contributed by atoms with Crippen LogP contribution < -0.4 is 31.2 Å². The molecule has 0 N–H and O–H groups in total. The molecule has 0 fully saturated rings. The molecular weight excluding hydrogens is 840 g/mol. The van der Waals surface area contributed by atoms with Crippen LogP contribution >= 0.6 is 0 Å². The molecule has 0 spiro atoms. The Kier molecular flexibility index (Phi) is 10.6. The molecule has 0 radical (unpaired) electrons. The number of para-hydroxylation sites is 3. The monoisotopic (exact) mass is 898 g/mol. The van der Waals surface area contributed by atoms with E-state index in [1.165, 1.54) is 27.6 Å². The van der Waals surface area contributed by atoms with E-state index in [4.69, 9.17) is 9.40 Å². The molecule has 0 saturated carbocycles. The first-order valence-electron chi connectivity index (χ1n) is 24.3. The van der Waals surface area contributed by atoms with Crippen molar-refractivity contribution in [2.24, 2.45) is 0 Å². The number of aromatic nitrogens is 1. The minimum Gasteiger partial charge on any atom is -0.407 e. The molecule has 0 aliphatic carbocycles. The van der Waals surface area contributed by atoms with E-state index in [2.05, 4.69) is 271 Å². The predicted octanol–water partition coefficient (Wildman–Crippen LogP) is 15.5. The highest BCUT2D eigenvalue weighted by atomic mass is 16.4. The molecule has 0 amide bonds. The standard InChI is InChI=1S/C63H59BN4O/c1-61(2,3)44-33-36-49(37-34-44)67-53-38-35-45(62(4,5)6)39-52(53)64-56-54(67)40-46(63(7,8)9)41-55(56)68(57-50(42-23-14-10-15-24-42)31-22-32-51(57)43-25-16-11-17-26-43)59-58(64)65-60(69-59)66(47-27-18-12-19-28-47)48-29-20-13-21-30-48/h10-41H,1-9H3. The van der Waals surface area contributed by atoms with Crippen molar-refractivity contribution in [3.8, 4) is 22.3 Å². The van der Waals surface area contributed by atoms with Gasteiger partial charge in [0.05, 0.1) is 22.7 Å². The first-order chi connectivity index (χ1) is 33.1. The van der Waals surface area contributed by atoms with Crippen molar-refractivity contribution >= 4 is 74.9 Å². The smallest absolute Gasteiger partial charge is 0.307 e. The van der Waals surface area contributed by atoms with Gasteiger partial charge >= 0.3 is 6.01 Å². The zero-order valence-electron chi connectivity index (χ0n) is 41.2. The number of rotatable bonds is 7. The predicted molar refractivity (Wildman–Crippen MR) is 292 cm³/mol. The number of hydrogen-bond donors (Lipinski definition) is 0. The lowest BCUT2D eigenvalue weighted by Gasteiger charge is -2.44. The minimum atomic E-state index is -0.271. The summed E-state index contributed by atoms with van der Waals surface area (Å²) in [7, 11) is 0. The largest absolute Gasteiger partial charge is 0.407 e. The third-order valence-corrected chi connectivity index (χ3v) is 14.0. The summed E-state index contributed by atoms with van der Waals surface area (Å²) in [5, 5.41) is 0. The fraction of sp³-hybridized carbons (Fsp3) is 0.190. The van der Waals surface area contributed by atoms with Crippen LogP contribution in [0.15, 0.2) is 199 Å². The van der Waals surface area contributed by atoms with E-state index in [9.17, 15) is 0 Å². The zero-order chi connectivity index (χ0) is 47.8.